The summed E-state index contributed by atoms with van der Waals surface area (Å²) < 4.78 is 2.65. The second kappa shape index (κ2) is 12.7. The third kappa shape index (κ3) is 5.42. The van der Waals surface area contributed by atoms with E-state index in [1.165, 1.54) is 75.1 Å². The molecule has 52 heavy (non-hydrogen) atoms. The predicted octanol–water partition coefficient (Wildman–Crippen LogP) is 14.8. The van der Waals surface area contributed by atoms with Crippen molar-refractivity contribution in [3.8, 4) is 33.4 Å². The van der Waals surface area contributed by atoms with Crippen molar-refractivity contribution >= 4 is 70.1 Å². The number of nitrogens with zero attached hydrogens (tertiary/aromatic N) is 1. The lowest BCUT2D eigenvalue weighted by molar-refractivity contribution is 1.28. The number of thiophene rings is 1. The third-order valence-corrected chi connectivity index (χ3v) is 11.4. The van der Waals surface area contributed by atoms with Crippen LogP contribution in [0.15, 0.2) is 200 Å². The van der Waals surface area contributed by atoms with E-state index in [0.29, 0.717) is 0 Å². The Morgan fingerprint density at radius 2 is 0.846 bits per heavy atom. The summed E-state index contributed by atoms with van der Waals surface area (Å²) in [7, 11) is 0. The molecule has 0 saturated heterocycles. The number of hydrogen-bond acceptors (Lipinski definition) is 2. The van der Waals surface area contributed by atoms with Gasteiger partial charge in [0.05, 0.1) is 0 Å². The Bertz CT molecular complexity index is 2900. The first-order valence-electron chi connectivity index (χ1n) is 17.7. The van der Waals surface area contributed by atoms with Crippen molar-refractivity contribution in [2.45, 2.75) is 0 Å². The van der Waals surface area contributed by atoms with Crippen LogP contribution < -0.4 is 4.90 Å². The minimum Gasteiger partial charge on any atom is -0.310 e. The Morgan fingerprint density at radius 1 is 0.308 bits per heavy atom. The van der Waals surface area contributed by atoms with E-state index in [4.69, 9.17) is 0 Å². The van der Waals surface area contributed by atoms with Gasteiger partial charge in [-0.25, -0.2) is 0 Å². The second-order valence-electron chi connectivity index (χ2n) is 13.4. The summed E-state index contributed by atoms with van der Waals surface area (Å²) in [5, 5.41) is 7.65. The molecule has 10 aromatic rings. The van der Waals surface area contributed by atoms with Crippen LogP contribution in [0.5, 0.6) is 0 Å². The fourth-order valence-electron chi connectivity index (χ4n) is 7.63. The van der Waals surface area contributed by atoms with Crippen LogP contribution in [0.3, 0.4) is 0 Å². The SMILES string of the molecule is c1ccc(N(c2ccc(-c3cccc4sc5ccccc5c34)cc2)c2cccc(-c3ccc4ccc(-c5ccc6ccccc6c5)cc4c3)c2)cc1. The van der Waals surface area contributed by atoms with Gasteiger partial charge in [-0.05, 0) is 122 Å². The number of hydrogen-bond donors (Lipinski definition) is 0. The van der Waals surface area contributed by atoms with Gasteiger partial charge in [-0.2, -0.15) is 0 Å². The van der Waals surface area contributed by atoms with Crippen molar-refractivity contribution in [2.24, 2.45) is 0 Å². The average molecular weight is 680 g/mol. The van der Waals surface area contributed by atoms with E-state index >= 15 is 0 Å². The molecule has 1 heterocycles. The lowest BCUT2D eigenvalue weighted by Gasteiger charge is -2.26. The lowest BCUT2D eigenvalue weighted by atomic mass is 9.96. The van der Waals surface area contributed by atoms with Gasteiger partial charge in [-0.15, -0.1) is 11.3 Å². The Balaban J connectivity index is 1.02. The van der Waals surface area contributed by atoms with Gasteiger partial charge in [0, 0.05) is 37.2 Å². The van der Waals surface area contributed by atoms with Gasteiger partial charge in [0.25, 0.3) is 0 Å². The smallest absolute Gasteiger partial charge is 0.0467 e. The summed E-state index contributed by atoms with van der Waals surface area (Å²) in [4.78, 5) is 2.35. The topological polar surface area (TPSA) is 3.24 Å². The fraction of sp³-hybridized carbons (Fsp3) is 0. The van der Waals surface area contributed by atoms with Crippen molar-refractivity contribution in [1.82, 2.24) is 0 Å². The molecule has 0 aliphatic rings. The van der Waals surface area contributed by atoms with Gasteiger partial charge in [0.1, 0.15) is 0 Å². The van der Waals surface area contributed by atoms with Crippen LogP contribution in [0.4, 0.5) is 17.1 Å². The minimum absolute atomic E-state index is 1.12. The zero-order valence-electron chi connectivity index (χ0n) is 28.4. The Morgan fingerprint density at radius 3 is 1.62 bits per heavy atom. The molecule has 0 atom stereocenters. The van der Waals surface area contributed by atoms with Crippen LogP contribution in [0.1, 0.15) is 0 Å². The highest BCUT2D eigenvalue weighted by atomic mass is 32.1. The van der Waals surface area contributed by atoms with Crippen LogP contribution in [0, 0.1) is 0 Å². The first-order chi connectivity index (χ1) is 25.7. The van der Waals surface area contributed by atoms with Crippen LogP contribution in [-0.4, -0.2) is 0 Å². The molecule has 0 aliphatic heterocycles. The van der Waals surface area contributed by atoms with Crippen LogP contribution in [-0.2, 0) is 0 Å². The monoisotopic (exact) mass is 679 g/mol. The predicted molar refractivity (Wildman–Crippen MR) is 225 cm³/mol. The van der Waals surface area contributed by atoms with Crippen LogP contribution in [0.2, 0.25) is 0 Å². The maximum Gasteiger partial charge on any atom is 0.0467 e. The van der Waals surface area contributed by atoms with Crippen LogP contribution >= 0.6 is 11.3 Å². The number of anilines is 3. The molecule has 2 heteroatoms. The molecule has 0 aliphatic carbocycles. The molecule has 1 nitrogen and oxygen atoms in total. The molecule has 0 fully saturated rings. The van der Waals surface area contributed by atoms with Crippen molar-refractivity contribution in [3.63, 3.8) is 0 Å². The molecular weight excluding hydrogens is 647 g/mol. The molecule has 244 valence electrons. The van der Waals surface area contributed by atoms with E-state index in [1.807, 2.05) is 11.3 Å². The van der Waals surface area contributed by atoms with E-state index in [2.05, 4.69) is 205 Å². The van der Waals surface area contributed by atoms with E-state index < -0.39 is 0 Å². The summed E-state index contributed by atoms with van der Waals surface area (Å²) in [5.74, 6) is 0. The lowest BCUT2D eigenvalue weighted by Crippen LogP contribution is -2.09. The molecule has 0 spiro atoms. The molecule has 0 unspecified atom stereocenters. The number of fused-ring (bicyclic) bond motifs is 5. The molecular formula is C50H33NS. The molecule has 0 saturated carbocycles. The number of rotatable bonds is 6. The zero-order chi connectivity index (χ0) is 34.4. The fourth-order valence-corrected chi connectivity index (χ4v) is 8.76. The van der Waals surface area contributed by atoms with Gasteiger partial charge in [0.2, 0.25) is 0 Å². The van der Waals surface area contributed by atoms with E-state index in [-0.39, 0.29) is 0 Å². The van der Waals surface area contributed by atoms with E-state index in [0.717, 1.165) is 17.1 Å². The van der Waals surface area contributed by atoms with Crippen molar-refractivity contribution in [3.05, 3.63) is 200 Å². The summed E-state index contributed by atoms with van der Waals surface area (Å²) in [5.41, 5.74) is 10.7. The van der Waals surface area contributed by atoms with Crippen molar-refractivity contribution in [2.75, 3.05) is 4.90 Å². The molecule has 10 rings (SSSR count). The Hall–Kier alpha value is -6.48. The molecule has 0 bridgehead atoms. The zero-order valence-corrected chi connectivity index (χ0v) is 29.2. The van der Waals surface area contributed by atoms with Gasteiger partial charge in [-0.3, -0.25) is 0 Å². The second-order valence-corrected chi connectivity index (χ2v) is 14.5. The highest BCUT2D eigenvalue weighted by Gasteiger charge is 2.15. The normalized spacial score (nSPS) is 11.5. The average Bonchev–Trinajstić information content (AvgIpc) is 3.60. The number of para-hydroxylation sites is 1. The van der Waals surface area contributed by atoms with Crippen molar-refractivity contribution < 1.29 is 0 Å². The first-order valence-corrected chi connectivity index (χ1v) is 18.6. The maximum atomic E-state index is 2.35. The molecule has 0 amide bonds. The molecule has 0 N–H and O–H groups in total. The quantitative estimate of drug-likeness (QED) is 0.169. The van der Waals surface area contributed by atoms with Crippen molar-refractivity contribution in [1.29, 1.82) is 0 Å². The first kappa shape index (κ1) is 30.4. The minimum atomic E-state index is 1.12. The maximum absolute atomic E-state index is 2.35. The number of benzene rings is 9. The Labute approximate surface area is 307 Å². The summed E-state index contributed by atoms with van der Waals surface area (Å²) in [6, 6.07) is 72.9. The summed E-state index contributed by atoms with van der Waals surface area (Å²) in [6.45, 7) is 0. The highest BCUT2D eigenvalue weighted by Crippen LogP contribution is 2.42. The van der Waals surface area contributed by atoms with E-state index in [9.17, 15) is 0 Å². The standard InChI is InChI=1S/C50H33NS/c1-2-13-43(14-3-1)51(44-28-26-36(27-29-44)46-17-9-19-49-50(46)47-16-6-7-18-48(47)52-49)45-15-8-12-38(33-45)40-24-21-35-22-25-41(32-42(35)31-40)39-23-20-34-10-4-5-11-37(34)30-39/h1-33H. The third-order valence-electron chi connectivity index (χ3n) is 10.2. The summed E-state index contributed by atoms with van der Waals surface area (Å²) in [6.07, 6.45) is 0. The van der Waals surface area contributed by atoms with Crippen LogP contribution in [0.25, 0.3) is 75.1 Å². The van der Waals surface area contributed by atoms with Gasteiger partial charge in [-0.1, -0.05) is 133 Å². The summed E-state index contributed by atoms with van der Waals surface area (Å²) >= 11 is 1.86. The Kier molecular flexibility index (Phi) is 7.41. The van der Waals surface area contributed by atoms with Gasteiger partial charge in [0.15, 0.2) is 0 Å². The molecule has 1 aromatic heterocycles. The van der Waals surface area contributed by atoms with Gasteiger partial charge < -0.3 is 4.90 Å². The van der Waals surface area contributed by atoms with E-state index in [1.54, 1.807) is 0 Å². The molecule has 0 radical (unpaired) electrons. The van der Waals surface area contributed by atoms with Gasteiger partial charge >= 0.3 is 0 Å². The largest absolute Gasteiger partial charge is 0.310 e. The highest BCUT2D eigenvalue weighted by molar-refractivity contribution is 7.25. The molecule has 9 aromatic carbocycles.